The summed E-state index contributed by atoms with van der Waals surface area (Å²) >= 11 is 0. The average Bonchev–Trinajstić information content (AvgIpc) is 2.84. The first-order chi connectivity index (χ1) is 16.1. The predicted octanol–water partition coefficient (Wildman–Crippen LogP) is 6.12. The largest absolute Gasteiger partial charge is 0.490 e. The van der Waals surface area contributed by atoms with Gasteiger partial charge in [0.25, 0.3) is 0 Å². The lowest BCUT2D eigenvalue weighted by atomic mass is 9.74. The number of nitrogens with one attached hydrogen (secondary N) is 1. The van der Waals surface area contributed by atoms with Gasteiger partial charge in [0.1, 0.15) is 0 Å². The number of fused-ring (bicyclic) bond motifs is 3. The maximum Gasteiger partial charge on any atom is 0.311 e. The monoisotopic (exact) mass is 441 g/mol. The molecule has 0 unspecified atom stereocenters. The summed E-state index contributed by atoms with van der Waals surface area (Å²) in [7, 11) is 0. The standard InChI is InChI=1S/C28H27NO4/c1-3-25(31)33-23-15-13-18(16-24(23)32-4-2)26-27-19-9-6-5-8-17(19)12-14-21(27)29-20-10-7-11-22(30)28(20)26/h5-6,8-9,12-16,26,29H,3-4,7,10-11H2,1-2H3/t26-/m0/s1. The van der Waals surface area contributed by atoms with Crippen molar-refractivity contribution in [2.45, 2.75) is 45.4 Å². The quantitative estimate of drug-likeness (QED) is 0.382. The van der Waals surface area contributed by atoms with Crippen LogP contribution in [0.1, 0.15) is 56.6 Å². The molecule has 3 aromatic carbocycles. The van der Waals surface area contributed by atoms with Crippen LogP contribution in [0.2, 0.25) is 0 Å². The van der Waals surface area contributed by atoms with E-state index in [2.05, 4.69) is 29.6 Å². The fraction of sp³-hybridized carbons (Fsp3) is 0.286. The second-order valence-corrected chi connectivity index (χ2v) is 8.44. The molecule has 5 heteroatoms. The fourth-order valence-corrected chi connectivity index (χ4v) is 4.94. The number of Topliss-reactive ketones (excluding diaryl/α,β-unsaturated/α-hetero) is 1. The Morgan fingerprint density at radius 3 is 2.70 bits per heavy atom. The van der Waals surface area contributed by atoms with Crippen LogP contribution >= 0.6 is 0 Å². The van der Waals surface area contributed by atoms with E-state index in [-0.39, 0.29) is 24.1 Å². The lowest BCUT2D eigenvalue weighted by molar-refractivity contribution is -0.134. The van der Waals surface area contributed by atoms with Crippen LogP contribution in [0.4, 0.5) is 5.69 Å². The molecule has 1 atom stereocenters. The van der Waals surface area contributed by atoms with Crippen LogP contribution in [0.3, 0.4) is 0 Å². The van der Waals surface area contributed by atoms with Crippen LogP contribution in [-0.2, 0) is 9.59 Å². The van der Waals surface area contributed by atoms with Crippen LogP contribution < -0.4 is 14.8 Å². The van der Waals surface area contributed by atoms with E-state index in [0.29, 0.717) is 24.5 Å². The Balaban J connectivity index is 1.72. The lowest BCUT2D eigenvalue weighted by Crippen LogP contribution is -2.27. The second-order valence-electron chi connectivity index (χ2n) is 8.44. The molecule has 168 valence electrons. The number of anilines is 1. The molecule has 0 aromatic heterocycles. The van der Waals surface area contributed by atoms with Crippen LogP contribution in [0, 0.1) is 0 Å². The van der Waals surface area contributed by atoms with Crippen molar-refractivity contribution in [3.05, 3.63) is 77.0 Å². The van der Waals surface area contributed by atoms with Gasteiger partial charge in [-0.1, -0.05) is 43.3 Å². The molecule has 0 amide bonds. The minimum absolute atomic E-state index is 0.187. The van der Waals surface area contributed by atoms with Crippen molar-refractivity contribution in [2.75, 3.05) is 11.9 Å². The third-order valence-corrected chi connectivity index (χ3v) is 6.40. The minimum atomic E-state index is -0.311. The topological polar surface area (TPSA) is 64.6 Å². The number of ketones is 1. The molecule has 1 aliphatic carbocycles. The Morgan fingerprint density at radius 1 is 1.03 bits per heavy atom. The summed E-state index contributed by atoms with van der Waals surface area (Å²) in [6, 6.07) is 18.2. The third-order valence-electron chi connectivity index (χ3n) is 6.40. The van der Waals surface area contributed by atoms with Gasteiger partial charge in [-0.25, -0.2) is 0 Å². The van der Waals surface area contributed by atoms with E-state index < -0.39 is 0 Å². The molecular weight excluding hydrogens is 414 g/mol. The number of hydrogen-bond acceptors (Lipinski definition) is 5. The first-order valence-corrected chi connectivity index (χ1v) is 11.6. The highest BCUT2D eigenvalue weighted by atomic mass is 16.6. The van der Waals surface area contributed by atoms with Gasteiger partial charge in [0, 0.05) is 35.7 Å². The number of ether oxygens (including phenoxy) is 2. The van der Waals surface area contributed by atoms with Crippen LogP contribution in [0.25, 0.3) is 10.8 Å². The fourth-order valence-electron chi connectivity index (χ4n) is 4.94. The van der Waals surface area contributed by atoms with E-state index in [4.69, 9.17) is 9.47 Å². The Bertz CT molecular complexity index is 1290. The van der Waals surface area contributed by atoms with E-state index in [1.807, 2.05) is 31.2 Å². The van der Waals surface area contributed by atoms with Crippen molar-refractivity contribution in [3.8, 4) is 11.5 Å². The van der Waals surface area contributed by atoms with Crippen LogP contribution in [-0.4, -0.2) is 18.4 Å². The average molecular weight is 442 g/mol. The Kier molecular flexibility index (Phi) is 5.63. The maximum absolute atomic E-state index is 13.2. The molecule has 0 radical (unpaired) electrons. The lowest BCUT2D eigenvalue weighted by Gasteiger charge is -2.35. The van der Waals surface area contributed by atoms with Gasteiger partial charge in [0.05, 0.1) is 6.61 Å². The van der Waals surface area contributed by atoms with Gasteiger partial charge in [-0.05, 0) is 59.9 Å². The van der Waals surface area contributed by atoms with Crippen LogP contribution in [0.15, 0.2) is 65.9 Å². The van der Waals surface area contributed by atoms with Gasteiger partial charge >= 0.3 is 5.97 Å². The molecular formula is C28H27NO4. The SMILES string of the molecule is CCOc1cc([C@@H]2C3=C(CCCC3=O)Nc3ccc4ccccc4c32)ccc1OC(=O)CC. The first kappa shape index (κ1) is 21.3. The van der Waals surface area contributed by atoms with Gasteiger partial charge in [-0.2, -0.15) is 0 Å². The molecule has 1 heterocycles. The van der Waals surface area contributed by atoms with E-state index in [9.17, 15) is 9.59 Å². The summed E-state index contributed by atoms with van der Waals surface area (Å²) < 4.78 is 11.4. The van der Waals surface area contributed by atoms with Gasteiger partial charge in [0.15, 0.2) is 17.3 Å². The molecule has 2 aliphatic rings. The van der Waals surface area contributed by atoms with Crippen molar-refractivity contribution < 1.29 is 19.1 Å². The molecule has 0 saturated carbocycles. The molecule has 33 heavy (non-hydrogen) atoms. The zero-order valence-corrected chi connectivity index (χ0v) is 18.9. The zero-order chi connectivity index (χ0) is 22.9. The normalized spacial score (nSPS) is 17.3. The molecule has 5 rings (SSSR count). The Labute approximate surface area is 193 Å². The third kappa shape index (κ3) is 3.78. The van der Waals surface area contributed by atoms with E-state index >= 15 is 0 Å². The van der Waals surface area contributed by atoms with Crippen molar-refractivity contribution in [1.82, 2.24) is 0 Å². The number of hydrogen-bond donors (Lipinski definition) is 1. The van der Waals surface area contributed by atoms with Gasteiger partial charge in [-0.15, -0.1) is 0 Å². The zero-order valence-electron chi connectivity index (χ0n) is 18.9. The van der Waals surface area contributed by atoms with Crippen LogP contribution in [0.5, 0.6) is 11.5 Å². The van der Waals surface area contributed by atoms with Gasteiger partial charge in [0.2, 0.25) is 0 Å². The van der Waals surface area contributed by atoms with E-state index in [0.717, 1.165) is 51.7 Å². The summed E-state index contributed by atoms with van der Waals surface area (Å²) in [4.78, 5) is 25.1. The minimum Gasteiger partial charge on any atom is -0.490 e. The highest BCUT2D eigenvalue weighted by molar-refractivity contribution is 6.04. The first-order valence-electron chi connectivity index (χ1n) is 11.6. The Hall–Kier alpha value is -3.60. The maximum atomic E-state index is 13.2. The van der Waals surface area contributed by atoms with E-state index in [1.54, 1.807) is 13.0 Å². The summed E-state index contributed by atoms with van der Waals surface area (Å²) in [5.41, 5.74) is 4.94. The Morgan fingerprint density at radius 2 is 1.88 bits per heavy atom. The molecule has 3 aromatic rings. The van der Waals surface area contributed by atoms with Gasteiger partial charge < -0.3 is 14.8 Å². The van der Waals surface area contributed by atoms with Crippen molar-refractivity contribution in [2.24, 2.45) is 0 Å². The van der Waals surface area contributed by atoms with Gasteiger partial charge in [-0.3, -0.25) is 9.59 Å². The molecule has 0 saturated heterocycles. The second kappa shape index (κ2) is 8.74. The number of carbonyl (C=O) groups is 2. The number of carbonyl (C=O) groups excluding carboxylic acids is 2. The molecule has 0 spiro atoms. The summed E-state index contributed by atoms with van der Waals surface area (Å²) in [6.07, 6.45) is 2.55. The highest BCUT2D eigenvalue weighted by Crippen LogP contribution is 2.49. The summed E-state index contributed by atoms with van der Waals surface area (Å²) in [5.74, 6) is 0.581. The summed E-state index contributed by atoms with van der Waals surface area (Å²) in [5, 5.41) is 5.82. The van der Waals surface area contributed by atoms with E-state index in [1.165, 1.54) is 0 Å². The molecule has 5 nitrogen and oxygen atoms in total. The molecule has 1 aliphatic heterocycles. The summed E-state index contributed by atoms with van der Waals surface area (Å²) in [6.45, 7) is 4.10. The molecule has 1 N–H and O–H groups in total. The smallest absolute Gasteiger partial charge is 0.311 e. The van der Waals surface area contributed by atoms with Crippen molar-refractivity contribution in [1.29, 1.82) is 0 Å². The molecule has 0 fully saturated rings. The number of allylic oxidation sites excluding steroid dienone is 2. The van der Waals surface area contributed by atoms with Crippen molar-refractivity contribution in [3.63, 3.8) is 0 Å². The molecule has 0 bridgehead atoms. The number of esters is 1. The number of rotatable bonds is 5. The predicted molar refractivity (Wildman–Crippen MR) is 129 cm³/mol. The highest BCUT2D eigenvalue weighted by Gasteiger charge is 2.36. The number of benzene rings is 3. The van der Waals surface area contributed by atoms with Crippen molar-refractivity contribution >= 4 is 28.2 Å².